The van der Waals surface area contributed by atoms with E-state index in [1.807, 2.05) is 13.8 Å². The molecule has 1 aliphatic heterocycles. The maximum Gasteiger partial charge on any atom is 0.257 e. The second-order valence-electron chi connectivity index (χ2n) is 6.08. The van der Waals surface area contributed by atoms with Gasteiger partial charge in [-0.05, 0) is 26.8 Å². The summed E-state index contributed by atoms with van der Waals surface area (Å²) in [6, 6.07) is 1.84. The molecule has 0 saturated carbocycles. The van der Waals surface area contributed by atoms with Crippen LogP contribution >= 0.6 is 0 Å². The number of aryl methyl sites for hydroxylation is 1. The predicted octanol–water partition coefficient (Wildman–Crippen LogP) is 1.49. The molecule has 2 aromatic rings. The summed E-state index contributed by atoms with van der Waals surface area (Å²) in [7, 11) is 0. The molecule has 1 atom stereocenters. The fraction of sp³-hybridized carbons (Fsp3) is 0.533. The van der Waals surface area contributed by atoms with Crippen LogP contribution in [0.25, 0.3) is 0 Å². The number of carbonyl (C=O) groups excluding carboxylic acids is 1. The molecule has 3 heterocycles. The highest BCUT2D eigenvalue weighted by atomic mass is 16.3. The largest absolute Gasteiger partial charge is 0.469 e. The summed E-state index contributed by atoms with van der Waals surface area (Å²) < 4.78 is 6.88. The molecule has 1 N–H and O–H groups in total. The standard InChI is InChI=1S/C15H20N4O3/c1-10(2)19-8-13(16-17-19)15(21)5-6-18(9-15)14(20)12-4-7-22-11(12)3/h4,7-8,10,21H,5-6,9H2,1-3H3/t15-/m1/s1. The van der Waals surface area contributed by atoms with Gasteiger partial charge in [0.1, 0.15) is 17.1 Å². The van der Waals surface area contributed by atoms with E-state index >= 15 is 0 Å². The van der Waals surface area contributed by atoms with E-state index in [-0.39, 0.29) is 18.5 Å². The Bertz CT molecular complexity index is 691. The first-order chi connectivity index (χ1) is 10.4. The van der Waals surface area contributed by atoms with Gasteiger partial charge in [0.15, 0.2) is 0 Å². The Morgan fingerprint density at radius 3 is 2.86 bits per heavy atom. The molecular formula is C15H20N4O3. The number of aromatic nitrogens is 3. The third kappa shape index (κ3) is 2.41. The van der Waals surface area contributed by atoms with Crippen LogP contribution in [0.3, 0.4) is 0 Å². The van der Waals surface area contributed by atoms with E-state index in [1.165, 1.54) is 6.26 Å². The zero-order valence-electron chi connectivity index (χ0n) is 13.0. The van der Waals surface area contributed by atoms with Gasteiger partial charge < -0.3 is 14.4 Å². The highest BCUT2D eigenvalue weighted by Gasteiger charge is 2.42. The summed E-state index contributed by atoms with van der Waals surface area (Å²) >= 11 is 0. The normalized spacial score (nSPS) is 21.8. The van der Waals surface area contributed by atoms with Gasteiger partial charge in [0.2, 0.25) is 0 Å². The highest BCUT2D eigenvalue weighted by molar-refractivity contribution is 5.95. The molecule has 7 heteroatoms. The fourth-order valence-corrected chi connectivity index (χ4v) is 2.70. The summed E-state index contributed by atoms with van der Waals surface area (Å²) in [6.45, 7) is 6.44. The predicted molar refractivity (Wildman–Crippen MR) is 78.3 cm³/mol. The Labute approximate surface area is 128 Å². The van der Waals surface area contributed by atoms with E-state index in [2.05, 4.69) is 10.3 Å². The molecule has 2 aromatic heterocycles. The van der Waals surface area contributed by atoms with Crippen molar-refractivity contribution in [3.63, 3.8) is 0 Å². The Hall–Kier alpha value is -2.15. The molecule has 1 aliphatic rings. The van der Waals surface area contributed by atoms with Crippen molar-refractivity contribution >= 4 is 5.91 Å². The molecule has 1 amide bonds. The van der Waals surface area contributed by atoms with Crippen LogP contribution in [0.2, 0.25) is 0 Å². The molecule has 3 rings (SSSR count). The van der Waals surface area contributed by atoms with E-state index in [0.29, 0.717) is 30.0 Å². The second-order valence-corrected chi connectivity index (χ2v) is 6.08. The molecule has 1 saturated heterocycles. The van der Waals surface area contributed by atoms with E-state index in [1.54, 1.807) is 28.8 Å². The summed E-state index contributed by atoms with van der Waals surface area (Å²) in [6.07, 6.45) is 3.70. The molecule has 0 aliphatic carbocycles. The minimum Gasteiger partial charge on any atom is -0.469 e. The van der Waals surface area contributed by atoms with Gasteiger partial charge in [-0.2, -0.15) is 0 Å². The molecule has 1 fully saturated rings. The lowest BCUT2D eigenvalue weighted by molar-refractivity contribution is 0.0381. The lowest BCUT2D eigenvalue weighted by Gasteiger charge is -2.21. The molecule has 0 spiro atoms. The number of rotatable bonds is 3. The van der Waals surface area contributed by atoms with Gasteiger partial charge in [-0.3, -0.25) is 4.79 Å². The van der Waals surface area contributed by atoms with E-state index in [0.717, 1.165) is 0 Å². The Balaban J connectivity index is 1.78. The molecule has 22 heavy (non-hydrogen) atoms. The number of hydrogen-bond donors (Lipinski definition) is 1. The molecule has 0 unspecified atom stereocenters. The van der Waals surface area contributed by atoms with Crippen LogP contribution in [0.5, 0.6) is 0 Å². The van der Waals surface area contributed by atoms with Crippen molar-refractivity contribution in [1.82, 2.24) is 19.9 Å². The monoisotopic (exact) mass is 304 g/mol. The Morgan fingerprint density at radius 1 is 1.50 bits per heavy atom. The fourth-order valence-electron chi connectivity index (χ4n) is 2.70. The number of aliphatic hydroxyl groups is 1. The zero-order valence-corrected chi connectivity index (χ0v) is 13.0. The number of hydrogen-bond acceptors (Lipinski definition) is 5. The van der Waals surface area contributed by atoms with Crippen molar-refractivity contribution in [1.29, 1.82) is 0 Å². The third-order valence-corrected chi connectivity index (χ3v) is 4.14. The van der Waals surface area contributed by atoms with E-state index in [9.17, 15) is 9.90 Å². The zero-order chi connectivity index (χ0) is 15.9. The van der Waals surface area contributed by atoms with E-state index < -0.39 is 5.60 Å². The van der Waals surface area contributed by atoms with Gasteiger partial charge in [-0.15, -0.1) is 5.10 Å². The SMILES string of the molecule is Cc1occc1C(=O)N1CC[C@](O)(c2cn(C(C)C)nn2)C1. The van der Waals surface area contributed by atoms with E-state index in [4.69, 9.17) is 4.42 Å². The number of furan rings is 1. The number of likely N-dealkylation sites (tertiary alicyclic amines) is 1. The Morgan fingerprint density at radius 2 is 2.27 bits per heavy atom. The summed E-state index contributed by atoms with van der Waals surface area (Å²) in [5.74, 6) is 0.463. The summed E-state index contributed by atoms with van der Waals surface area (Å²) in [5, 5.41) is 18.9. The lowest BCUT2D eigenvalue weighted by Crippen LogP contribution is -2.34. The first kappa shape index (κ1) is 14.8. The van der Waals surface area contributed by atoms with Gasteiger partial charge in [-0.1, -0.05) is 5.21 Å². The number of amides is 1. The van der Waals surface area contributed by atoms with Crippen LogP contribution in [0.4, 0.5) is 0 Å². The summed E-state index contributed by atoms with van der Waals surface area (Å²) in [4.78, 5) is 14.1. The first-order valence-corrected chi connectivity index (χ1v) is 7.39. The van der Waals surface area contributed by atoms with Gasteiger partial charge in [0.25, 0.3) is 5.91 Å². The quantitative estimate of drug-likeness (QED) is 0.928. The number of β-amino-alcohol motifs (C(OH)–C–C–N with tert-alkyl or cyclic N) is 1. The van der Waals surface area contributed by atoms with Crippen LogP contribution in [-0.4, -0.2) is 44.0 Å². The van der Waals surface area contributed by atoms with Gasteiger partial charge >= 0.3 is 0 Å². The topological polar surface area (TPSA) is 84.4 Å². The van der Waals surface area contributed by atoms with Gasteiger partial charge in [-0.25, -0.2) is 4.68 Å². The van der Waals surface area contributed by atoms with Crippen molar-refractivity contribution in [2.75, 3.05) is 13.1 Å². The second kappa shape index (κ2) is 5.24. The van der Waals surface area contributed by atoms with Crippen molar-refractivity contribution in [2.45, 2.75) is 38.8 Å². The summed E-state index contributed by atoms with van der Waals surface area (Å²) in [5.41, 5.74) is -0.0871. The van der Waals surface area contributed by atoms with Crippen molar-refractivity contribution in [3.8, 4) is 0 Å². The molecule has 0 bridgehead atoms. The average Bonchev–Trinajstić information content (AvgIpc) is 3.17. The van der Waals surface area contributed by atoms with Crippen molar-refractivity contribution in [2.24, 2.45) is 0 Å². The smallest absolute Gasteiger partial charge is 0.257 e. The van der Waals surface area contributed by atoms with Gasteiger partial charge in [0, 0.05) is 19.0 Å². The molecule has 7 nitrogen and oxygen atoms in total. The highest BCUT2D eigenvalue weighted by Crippen LogP contribution is 2.32. The molecule has 118 valence electrons. The average molecular weight is 304 g/mol. The van der Waals surface area contributed by atoms with Crippen molar-refractivity contribution in [3.05, 3.63) is 35.5 Å². The third-order valence-electron chi connectivity index (χ3n) is 4.14. The number of nitrogens with zero attached hydrogens (tertiary/aromatic N) is 4. The van der Waals surface area contributed by atoms with Crippen LogP contribution in [0.15, 0.2) is 22.9 Å². The van der Waals surface area contributed by atoms with Crippen LogP contribution < -0.4 is 0 Å². The molecular weight excluding hydrogens is 284 g/mol. The van der Waals surface area contributed by atoms with Gasteiger partial charge in [0.05, 0.1) is 24.6 Å². The minimum atomic E-state index is -1.14. The Kier molecular flexibility index (Phi) is 3.52. The van der Waals surface area contributed by atoms with Crippen LogP contribution in [0.1, 0.15) is 48.1 Å². The molecule has 0 aromatic carbocycles. The lowest BCUT2D eigenvalue weighted by atomic mass is 10.00. The number of carbonyl (C=O) groups is 1. The van der Waals surface area contributed by atoms with Crippen molar-refractivity contribution < 1.29 is 14.3 Å². The maximum absolute atomic E-state index is 12.5. The van der Waals surface area contributed by atoms with Crippen LogP contribution in [0, 0.1) is 6.92 Å². The van der Waals surface area contributed by atoms with Crippen LogP contribution in [-0.2, 0) is 5.60 Å². The maximum atomic E-state index is 12.5. The first-order valence-electron chi connectivity index (χ1n) is 7.39. The molecule has 0 radical (unpaired) electrons. The minimum absolute atomic E-state index is 0.126.